The van der Waals surface area contributed by atoms with Crippen LogP contribution < -0.4 is 10.2 Å². The topological polar surface area (TPSA) is 95.4 Å². The number of aromatic carboxylic acids is 1. The third-order valence-corrected chi connectivity index (χ3v) is 5.30. The molecule has 2 N–H and O–H groups in total. The van der Waals surface area contributed by atoms with Gasteiger partial charge in [0.1, 0.15) is 16.0 Å². The van der Waals surface area contributed by atoms with E-state index in [0.29, 0.717) is 21.7 Å². The number of anilines is 3. The summed E-state index contributed by atoms with van der Waals surface area (Å²) in [6, 6.07) is 5.13. The van der Waals surface area contributed by atoms with Crippen LogP contribution in [0.25, 0.3) is 10.2 Å². The number of aromatic nitrogens is 2. The van der Waals surface area contributed by atoms with E-state index in [1.54, 1.807) is 0 Å². The first-order valence-corrected chi connectivity index (χ1v) is 8.46. The van der Waals surface area contributed by atoms with E-state index in [-0.39, 0.29) is 10.6 Å². The van der Waals surface area contributed by atoms with Crippen LogP contribution in [0.3, 0.4) is 0 Å². The predicted octanol–water partition coefficient (Wildman–Crippen LogP) is 4.14. The minimum absolute atomic E-state index is 0.0470. The highest BCUT2D eigenvalue weighted by Crippen LogP contribution is 2.45. The summed E-state index contributed by atoms with van der Waals surface area (Å²) in [5, 5.41) is 12.6. The number of carboxylic acid groups (broad SMARTS) is 1. The van der Waals surface area contributed by atoms with Crippen LogP contribution in [-0.2, 0) is 0 Å². The minimum Gasteiger partial charge on any atom is -0.477 e. The average Bonchev–Trinajstić information content (AvgIpc) is 2.91. The lowest BCUT2D eigenvalue weighted by atomic mass is 10.1. The largest absolute Gasteiger partial charge is 0.477 e. The van der Waals surface area contributed by atoms with E-state index >= 15 is 0 Å². The molecule has 4 rings (SSSR count). The number of urea groups is 1. The Balaban J connectivity index is 2.03. The van der Waals surface area contributed by atoms with Crippen LogP contribution in [-0.4, -0.2) is 27.1 Å². The normalized spacial score (nSPS) is 13.2. The first-order valence-electron chi connectivity index (χ1n) is 6.85. The van der Waals surface area contributed by atoms with E-state index in [2.05, 4.69) is 31.2 Å². The van der Waals surface area contributed by atoms with Crippen molar-refractivity contribution >= 4 is 66.7 Å². The number of rotatable bonds is 2. The summed E-state index contributed by atoms with van der Waals surface area (Å²) in [5.74, 6) is -0.727. The molecule has 1 aromatic carbocycles. The number of carbonyl (C=O) groups is 2. The zero-order chi connectivity index (χ0) is 17.0. The number of aryl methyl sites for hydroxylation is 1. The summed E-state index contributed by atoms with van der Waals surface area (Å²) in [5.41, 5.74) is 1.81. The molecule has 1 aliphatic rings. The summed E-state index contributed by atoms with van der Waals surface area (Å²) in [6.07, 6.45) is 1.34. The summed E-state index contributed by atoms with van der Waals surface area (Å²) in [4.78, 5) is 34.5. The fourth-order valence-corrected chi connectivity index (χ4v) is 3.94. The molecule has 7 nitrogen and oxygen atoms in total. The van der Waals surface area contributed by atoms with Crippen LogP contribution in [0.2, 0.25) is 0 Å². The van der Waals surface area contributed by atoms with E-state index in [9.17, 15) is 14.7 Å². The molecule has 0 spiro atoms. The second-order valence-electron chi connectivity index (χ2n) is 5.19. The third kappa shape index (κ3) is 2.09. The smallest absolute Gasteiger partial charge is 0.348 e. The average molecular weight is 405 g/mol. The standard InChI is InChI=1S/C15H9BrN4O3S/c1-6-2-3-7(16)4-8(6)20-12-9-10(19-15(20)23)11(14(21)22)24-13(9)18-5-17-12/h2-5H,1H3,(H,19,23)(H,21,22). The Hall–Kier alpha value is -2.52. The van der Waals surface area contributed by atoms with Gasteiger partial charge in [-0.15, -0.1) is 11.3 Å². The number of amides is 2. The van der Waals surface area contributed by atoms with Crippen molar-refractivity contribution in [2.24, 2.45) is 0 Å². The van der Waals surface area contributed by atoms with Crippen LogP contribution in [0, 0.1) is 6.92 Å². The van der Waals surface area contributed by atoms with E-state index in [1.165, 1.54) is 11.2 Å². The van der Waals surface area contributed by atoms with Gasteiger partial charge in [-0.05, 0) is 24.6 Å². The van der Waals surface area contributed by atoms with Crippen LogP contribution in [0.15, 0.2) is 29.0 Å². The molecule has 24 heavy (non-hydrogen) atoms. The Morgan fingerprint density at radius 1 is 1.38 bits per heavy atom. The first-order chi connectivity index (χ1) is 11.5. The van der Waals surface area contributed by atoms with E-state index in [1.807, 2.05) is 25.1 Å². The number of thiophene rings is 1. The first kappa shape index (κ1) is 15.0. The van der Waals surface area contributed by atoms with Crippen molar-refractivity contribution in [1.82, 2.24) is 9.97 Å². The quantitative estimate of drug-likeness (QED) is 0.668. The molecule has 0 fully saturated rings. The van der Waals surface area contributed by atoms with Gasteiger partial charge in [-0.3, -0.25) is 0 Å². The van der Waals surface area contributed by atoms with Gasteiger partial charge in [0.15, 0.2) is 5.82 Å². The molecule has 0 atom stereocenters. The molecule has 1 aliphatic heterocycles. The monoisotopic (exact) mass is 404 g/mol. The molecule has 3 heterocycles. The maximum Gasteiger partial charge on any atom is 0.348 e. The molecule has 0 unspecified atom stereocenters. The number of hydrogen-bond acceptors (Lipinski definition) is 5. The van der Waals surface area contributed by atoms with Gasteiger partial charge in [0, 0.05) is 4.47 Å². The van der Waals surface area contributed by atoms with Gasteiger partial charge in [-0.1, -0.05) is 22.0 Å². The van der Waals surface area contributed by atoms with E-state index in [0.717, 1.165) is 21.4 Å². The lowest BCUT2D eigenvalue weighted by molar-refractivity contribution is 0.0703. The van der Waals surface area contributed by atoms with Crippen molar-refractivity contribution in [2.45, 2.75) is 6.92 Å². The molecule has 0 radical (unpaired) electrons. The molecule has 9 heteroatoms. The van der Waals surface area contributed by atoms with Gasteiger partial charge in [-0.2, -0.15) is 0 Å². The second kappa shape index (κ2) is 5.25. The van der Waals surface area contributed by atoms with Gasteiger partial charge >= 0.3 is 12.0 Å². The molecule has 2 amide bonds. The number of carbonyl (C=O) groups excluding carboxylic acids is 1. The van der Waals surface area contributed by atoms with Gasteiger partial charge in [-0.25, -0.2) is 24.5 Å². The number of nitrogens with zero attached hydrogens (tertiary/aromatic N) is 3. The minimum atomic E-state index is -1.11. The molecular formula is C15H9BrN4O3S. The fourth-order valence-electron chi connectivity index (χ4n) is 2.66. The van der Waals surface area contributed by atoms with Gasteiger partial charge < -0.3 is 10.4 Å². The van der Waals surface area contributed by atoms with Crippen molar-refractivity contribution in [3.63, 3.8) is 0 Å². The molecule has 120 valence electrons. The van der Waals surface area contributed by atoms with Gasteiger partial charge in [0.2, 0.25) is 0 Å². The van der Waals surface area contributed by atoms with Crippen molar-refractivity contribution in [3.8, 4) is 0 Å². The van der Waals surface area contributed by atoms with Crippen molar-refractivity contribution in [3.05, 3.63) is 39.4 Å². The van der Waals surface area contributed by atoms with Crippen LogP contribution in [0.1, 0.15) is 15.2 Å². The van der Waals surface area contributed by atoms with Gasteiger partial charge in [0.05, 0.1) is 16.8 Å². The number of benzene rings is 1. The van der Waals surface area contributed by atoms with Gasteiger partial charge in [0.25, 0.3) is 0 Å². The molecule has 2 aromatic heterocycles. The molecule has 0 saturated heterocycles. The van der Waals surface area contributed by atoms with Crippen LogP contribution in [0.4, 0.5) is 22.0 Å². The summed E-state index contributed by atoms with van der Waals surface area (Å²) < 4.78 is 0.823. The zero-order valence-electron chi connectivity index (χ0n) is 12.2. The molecule has 3 aromatic rings. The van der Waals surface area contributed by atoms with Crippen molar-refractivity contribution in [1.29, 1.82) is 0 Å². The molecule has 0 aliphatic carbocycles. The highest BCUT2D eigenvalue weighted by molar-refractivity contribution is 9.10. The number of halogens is 1. The Labute approximate surface area is 148 Å². The number of carboxylic acids is 1. The highest BCUT2D eigenvalue weighted by Gasteiger charge is 2.34. The maximum absolute atomic E-state index is 12.7. The van der Waals surface area contributed by atoms with E-state index in [4.69, 9.17) is 0 Å². The fraction of sp³-hybridized carbons (Fsp3) is 0.0667. The zero-order valence-corrected chi connectivity index (χ0v) is 14.6. The second-order valence-corrected chi connectivity index (χ2v) is 7.10. The Bertz CT molecular complexity index is 1030. The molecule has 0 saturated carbocycles. The Kier molecular flexibility index (Phi) is 3.29. The van der Waals surface area contributed by atoms with Crippen molar-refractivity contribution in [2.75, 3.05) is 10.2 Å². The lowest BCUT2D eigenvalue weighted by Crippen LogP contribution is -2.35. The summed E-state index contributed by atoms with van der Waals surface area (Å²) in [7, 11) is 0. The van der Waals surface area contributed by atoms with Crippen LogP contribution >= 0.6 is 27.3 Å². The molecular weight excluding hydrogens is 396 g/mol. The maximum atomic E-state index is 12.7. The number of nitrogens with one attached hydrogen (secondary N) is 1. The predicted molar refractivity (Wildman–Crippen MR) is 94.4 cm³/mol. The summed E-state index contributed by atoms with van der Waals surface area (Å²) in [6.45, 7) is 1.89. The highest BCUT2D eigenvalue weighted by atomic mass is 79.9. The lowest BCUT2D eigenvalue weighted by Gasteiger charge is -2.28. The van der Waals surface area contributed by atoms with Crippen LogP contribution in [0.5, 0.6) is 0 Å². The summed E-state index contributed by atoms with van der Waals surface area (Å²) >= 11 is 4.42. The Morgan fingerprint density at radius 2 is 2.17 bits per heavy atom. The number of hydrogen-bond donors (Lipinski definition) is 2. The third-order valence-electron chi connectivity index (χ3n) is 3.72. The van der Waals surface area contributed by atoms with Crippen molar-refractivity contribution < 1.29 is 14.7 Å². The molecule has 0 bridgehead atoms. The Morgan fingerprint density at radius 3 is 2.92 bits per heavy atom. The SMILES string of the molecule is Cc1ccc(Br)cc1N1C(=O)Nc2c(C(=O)O)sc3ncnc1c23. The van der Waals surface area contributed by atoms with E-state index < -0.39 is 12.0 Å².